The Hall–Kier alpha value is -1.51. The molecule has 1 aromatic carbocycles. The van der Waals surface area contributed by atoms with Crippen molar-refractivity contribution in [3.8, 4) is 5.75 Å². The molecule has 0 fully saturated rings. The zero-order valence-corrected chi connectivity index (χ0v) is 12.0. The molecule has 1 unspecified atom stereocenters. The molecule has 0 aliphatic heterocycles. The molecule has 1 amide bonds. The third-order valence-corrected chi connectivity index (χ3v) is 3.24. The van der Waals surface area contributed by atoms with E-state index in [4.69, 9.17) is 4.74 Å². The van der Waals surface area contributed by atoms with Crippen molar-refractivity contribution in [3.63, 3.8) is 0 Å². The molecule has 3 heteroatoms. The van der Waals surface area contributed by atoms with E-state index in [0.29, 0.717) is 0 Å². The zero-order valence-electron chi connectivity index (χ0n) is 12.0. The monoisotopic (exact) mass is 249 g/mol. The highest BCUT2D eigenvalue weighted by Crippen LogP contribution is 2.25. The fourth-order valence-electron chi connectivity index (χ4n) is 1.70. The fraction of sp³-hybridized carbons (Fsp3) is 0.533. The molecule has 0 radical (unpaired) electrons. The molecule has 0 spiro atoms. The summed E-state index contributed by atoms with van der Waals surface area (Å²) in [6.45, 7) is 10.2. The molecule has 100 valence electrons. The van der Waals surface area contributed by atoms with Gasteiger partial charge in [0.2, 0.25) is 0 Å². The second kappa shape index (κ2) is 6.43. The van der Waals surface area contributed by atoms with Crippen LogP contribution in [0.15, 0.2) is 12.1 Å². The standard InChI is InChI=1S/C15H23NO2/c1-6-12(4)16-14(17)9-18-15-11(3)8-7-10(2)13(15)5/h7-8,12H,6,9H2,1-5H3,(H,16,17). The van der Waals surface area contributed by atoms with Crippen molar-refractivity contribution in [2.45, 2.75) is 47.1 Å². The summed E-state index contributed by atoms with van der Waals surface area (Å²) >= 11 is 0. The molecule has 1 atom stereocenters. The molecule has 0 aromatic heterocycles. The van der Waals surface area contributed by atoms with Crippen LogP contribution >= 0.6 is 0 Å². The van der Waals surface area contributed by atoms with E-state index in [2.05, 4.69) is 11.4 Å². The zero-order chi connectivity index (χ0) is 13.7. The lowest BCUT2D eigenvalue weighted by atomic mass is 10.1. The Morgan fingerprint density at radius 1 is 1.28 bits per heavy atom. The maximum absolute atomic E-state index is 11.7. The van der Waals surface area contributed by atoms with Crippen molar-refractivity contribution in [2.24, 2.45) is 0 Å². The Morgan fingerprint density at radius 3 is 2.50 bits per heavy atom. The predicted molar refractivity (Wildman–Crippen MR) is 74.0 cm³/mol. The van der Waals surface area contributed by atoms with E-state index in [1.54, 1.807) is 0 Å². The molecule has 0 aliphatic carbocycles. The Bertz CT molecular complexity index is 427. The fourth-order valence-corrected chi connectivity index (χ4v) is 1.70. The molecule has 0 heterocycles. The summed E-state index contributed by atoms with van der Waals surface area (Å²) in [6, 6.07) is 4.28. The Kier molecular flexibility index (Phi) is 5.20. The van der Waals surface area contributed by atoms with Gasteiger partial charge in [-0.3, -0.25) is 4.79 Å². The van der Waals surface area contributed by atoms with Gasteiger partial charge in [0.25, 0.3) is 5.91 Å². The van der Waals surface area contributed by atoms with E-state index in [1.807, 2.05) is 40.7 Å². The van der Waals surface area contributed by atoms with Crippen LogP contribution in [0.25, 0.3) is 0 Å². The molecule has 0 bridgehead atoms. The van der Waals surface area contributed by atoms with Crippen LogP contribution in [-0.2, 0) is 4.79 Å². The van der Waals surface area contributed by atoms with Gasteiger partial charge in [0.05, 0.1) is 0 Å². The maximum atomic E-state index is 11.7. The third kappa shape index (κ3) is 3.76. The van der Waals surface area contributed by atoms with Crippen LogP contribution in [0.1, 0.15) is 37.0 Å². The van der Waals surface area contributed by atoms with Crippen LogP contribution < -0.4 is 10.1 Å². The van der Waals surface area contributed by atoms with Crippen molar-refractivity contribution >= 4 is 5.91 Å². The Labute approximate surface area is 110 Å². The van der Waals surface area contributed by atoms with Gasteiger partial charge < -0.3 is 10.1 Å². The molecular formula is C15H23NO2. The highest BCUT2D eigenvalue weighted by atomic mass is 16.5. The van der Waals surface area contributed by atoms with Crippen molar-refractivity contribution in [1.82, 2.24) is 5.32 Å². The highest BCUT2D eigenvalue weighted by molar-refractivity contribution is 5.77. The normalized spacial score (nSPS) is 12.1. The second-order valence-electron chi connectivity index (χ2n) is 4.82. The number of aryl methyl sites for hydroxylation is 2. The number of amides is 1. The van der Waals surface area contributed by atoms with Crippen molar-refractivity contribution < 1.29 is 9.53 Å². The van der Waals surface area contributed by atoms with Gasteiger partial charge >= 0.3 is 0 Å². The van der Waals surface area contributed by atoms with Gasteiger partial charge in [0.15, 0.2) is 6.61 Å². The van der Waals surface area contributed by atoms with E-state index < -0.39 is 0 Å². The number of carbonyl (C=O) groups is 1. The number of carbonyl (C=O) groups excluding carboxylic acids is 1. The lowest BCUT2D eigenvalue weighted by molar-refractivity contribution is -0.123. The topological polar surface area (TPSA) is 38.3 Å². The number of nitrogens with one attached hydrogen (secondary N) is 1. The first-order chi connectivity index (χ1) is 8.45. The van der Waals surface area contributed by atoms with Gasteiger partial charge in [-0.25, -0.2) is 0 Å². The molecular weight excluding hydrogens is 226 g/mol. The van der Waals surface area contributed by atoms with Crippen LogP contribution in [0.3, 0.4) is 0 Å². The molecule has 18 heavy (non-hydrogen) atoms. The summed E-state index contributed by atoms with van der Waals surface area (Å²) in [5.41, 5.74) is 3.35. The smallest absolute Gasteiger partial charge is 0.258 e. The largest absolute Gasteiger partial charge is 0.483 e. The predicted octanol–water partition coefficient (Wildman–Crippen LogP) is 2.91. The van der Waals surface area contributed by atoms with Crippen LogP contribution in [0, 0.1) is 20.8 Å². The van der Waals surface area contributed by atoms with Crippen LogP contribution in [0.4, 0.5) is 0 Å². The van der Waals surface area contributed by atoms with Crippen LogP contribution in [-0.4, -0.2) is 18.6 Å². The van der Waals surface area contributed by atoms with Crippen LogP contribution in [0.2, 0.25) is 0 Å². The van der Waals surface area contributed by atoms with Crippen molar-refractivity contribution in [1.29, 1.82) is 0 Å². The van der Waals surface area contributed by atoms with Gasteiger partial charge in [-0.15, -0.1) is 0 Å². The molecule has 1 aromatic rings. The minimum absolute atomic E-state index is 0.0651. The number of hydrogen-bond acceptors (Lipinski definition) is 2. The van der Waals surface area contributed by atoms with Gasteiger partial charge in [-0.05, 0) is 50.8 Å². The van der Waals surface area contributed by atoms with E-state index in [9.17, 15) is 4.79 Å². The minimum Gasteiger partial charge on any atom is -0.483 e. The number of hydrogen-bond donors (Lipinski definition) is 1. The van der Waals surface area contributed by atoms with Gasteiger partial charge in [0.1, 0.15) is 5.75 Å². The summed E-state index contributed by atoms with van der Waals surface area (Å²) in [4.78, 5) is 11.7. The lowest BCUT2D eigenvalue weighted by Crippen LogP contribution is -2.35. The summed E-state index contributed by atoms with van der Waals surface area (Å²) in [6.07, 6.45) is 0.925. The molecule has 0 saturated heterocycles. The second-order valence-corrected chi connectivity index (χ2v) is 4.82. The average Bonchev–Trinajstić information content (AvgIpc) is 2.34. The highest BCUT2D eigenvalue weighted by Gasteiger charge is 2.10. The van der Waals surface area contributed by atoms with Crippen molar-refractivity contribution in [2.75, 3.05) is 6.61 Å². The average molecular weight is 249 g/mol. The molecule has 0 saturated carbocycles. The lowest BCUT2D eigenvalue weighted by Gasteiger charge is -2.15. The minimum atomic E-state index is -0.0651. The number of rotatable bonds is 5. The van der Waals surface area contributed by atoms with Gasteiger partial charge in [0, 0.05) is 6.04 Å². The van der Waals surface area contributed by atoms with E-state index >= 15 is 0 Å². The first-order valence-corrected chi connectivity index (χ1v) is 6.44. The van der Waals surface area contributed by atoms with Gasteiger partial charge in [-0.1, -0.05) is 19.1 Å². The Morgan fingerprint density at radius 2 is 1.89 bits per heavy atom. The molecule has 1 N–H and O–H groups in total. The first-order valence-electron chi connectivity index (χ1n) is 6.44. The molecule has 0 aliphatic rings. The van der Waals surface area contributed by atoms with Crippen LogP contribution in [0.5, 0.6) is 5.75 Å². The Balaban J connectivity index is 2.64. The van der Waals surface area contributed by atoms with E-state index in [0.717, 1.165) is 23.3 Å². The van der Waals surface area contributed by atoms with E-state index in [-0.39, 0.29) is 18.6 Å². The summed E-state index contributed by atoms with van der Waals surface area (Å²) < 4.78 is 5.64. The quantitative estimate of drug-likeness (QED) is 0.871. The van der Waals surface area contributed by atoms with Crippen molar-refractivity contribution in [3.05, 3.63) is 28.8 Å². The van der Waals surface area contributed by atoms with E-state index in [1.165, 1.54) is 5.56 Å². The SMILES string of the molecule is CCC(C)NC(=O)COc1c(C)ccc(C)c1C. The summed E-state index contributed by atoms with van der Waals surface area (Å²) in [5, 5.41) is 2.89. The number of benzene rings is 1. The summed E-state index contributed by atoms with van der Waals surface area (Å²) in [5.74, 6) is 0.763. The third-order valence-electron chi connectivity index (χ3n) is 3.24. The number of ether oxygens (including phenoxy) is 1. The maximum Gasteiger partial charge on any atom is 0.258 e. The van der Waals surface area contributed by atoms with Gasteiger partial charge in [-0.2, -0.15) is 0 Å². The first kappa shape index (κ1) is 14.6. The molecule has 1 rings (SSSR count). The summed E-state index contributed by atoms with van der Waals surface area (Å²) in [7, 11) is 0. The molecule has 3 nitrogen and oxygen atoms in total.